The second-order valence-electron chi connectivity index (χ2n) is 5.49. The van der Waals surface area contributed by atoms with Gasteiger partial charge in [-0.1, -0.05) is 17.7 Å². The first-order valence-corrected chi connectivity index (χ1v) is 8.92. The van der Waals surface area contributed by atoms with E-state index in [1.54, 1.807) is 6.07 Å². The molecule has 0 spiro atoms. The predicted molar refractivity (Wildman–Crippen MR) is 88.1 cm³/mol. The number of benzene rings is 2. The zero-order valence-electron chi connectivity index (χ0n) is 13.7. The van der Waals surface area contributed by atoms with Gasteiger partial charge < -0.3 is 4.74 Å². The van der Waals surface area contributed by atoms with Crippen LogP contribution in [0.25, 0.3) is 0 Å². The Kier molecular flexibility index (Phi) is 5.74. The summed E-state index contributed by atoms with van der Waals surface area (Å²) in [6.45, 7) is 2.01. The quantitative estimate of drug-likeness (QED) is 0.843. The minimum atomic E-state index is -4.50. The lowest BCUT2D eigenvalue weighted by molar-refractivity contribution is -0.137. The molecule has 2 aromatic rings. The molecule has 0 aliphatic rings. The van der Waals surface area contributed by atoms with Gasteiger partial charge in [-0.3, -0.25) is 0 Å². The number of rotatable bonds is 6. The fourth-order valence-electron chi connectivity index (χ4n) is 2.33. The topological polar surface area (TPSA) is 55.4 Å². The van der Waals surface area contributed by atoms with Gasteiger partial charge >= 0.3 is 6.18 Å². The van der Waals surface area contributed by atoms with E-state index >= 15 is 0 Å². The van der Waals surface area contributed by atoms with E-state index in [2.05, 4.69) is 4.72 Å². The molecule has 0 saturated carbocycles. The van der Waals surface area contributed by atoms with Crippen LogP contribution in [-0.4, -0.2) is 22.1 Å². The Bertz CT molecular complexity index is 831. The SMILES string of the molecule is COc1ccc(C)cc1CCNS(=O)(=O)c1ccc(C(F)(F)F)cc1. The number of ether oxygens (including phenoxy) is 1. The first kappa shape index (κ1) is 19.3. The lowest BCUT2D eigenvalue weighted by atomic mass is 10.1. The standard InChI is InChI=1S/C17H18F3NO3S/c1-12-3-8-16(24-2)13(11-12)9-10-21-25(22,23)15-6-4-14(5-7-15)17(18,19)20/h3-8,11,21H,9-10H2,1-2H3. The summed E-state index contributed by atoms with van der Waals surface area (Å²) >= 11 is 0. The van der Waals surface area contributed by atoms with Crippen molar-refractivity contribution < 1.29 is 26.3 Å². The van der Waals surface area contributed by atoms with Gasteiger partial charge in [-0.05, 0) is 49.2 Å². The van der Waals surface area contributed by atoms with E-state index < -0.39 is 21.8 Å². The van der Waals surface area contributed by atoms with Crippen LogP contribution in [0.3, 0.4) is 0 Å². The number of hydrogen-bond acceptors (Lipinski definition) is 3. The third-order valence-corrected chi connectivity index (χ3v) is 5.09. The van der Waals surface area contributed by atoms with Gasteiger partial charge in [0, 0.05) is 6.54 Å². The average Bonchev–Trinajstić information content (AvgIpc) is 2.54. The molecular weight excluding hydrogens is 355 g/mol. The summed E-state index contributed by atoms with van der Waals surface area (Å²) in [7, 11) is -2.35. The highest BCUT2D eigenvalue weighted by molar-refractivity contribution is 7.89. The van der Waals surface area contributed by atoms with Crippen molar-refractivity contribution in [3.8, 4) is 5.75 Å². The van der Waals surface area contributed by atoms with Gasteiger partial charge in [0.15, 0.2) is 0 Å². The Labute approximate surface area is 144 Å². The van der Waals surface area contributed by atoms with E-state index in [9.17, 15) is 21.6 Å². The molecule has 0 aliphatic heterocycles. The van der Waals surface area contributed by atoms with Crippen LogP contribution in [0.15, 0.2) is 47.4 Å². The summed E-state index contributed by atoms with van der Waals surface area (Å²) in [4.78, 5) is -0.211. The maximum atomic E-state index is 12.5. The molecule has 2 aromatic carbocycles. The molecular formula is C17H18F3NO3S. The van der Waals surface area contributed by atoms with Gasteiger partial charge in [-0.15, -0.1) is 0 Å². The van der Waals surface area contributed by atoms with Crippen LogP contribution in [0.4, 0.5) is 13.2 Å². The monoisotopic (exact) mass is 373 g/mol. The molecule has 25 heavy (non-hydrogen) atoms. The first-order chi connectivity index (χ1) is 11.6. The molecule has 0 aromatic heterocycles. The van der Waals surface area contributed by atoms with Crippen molar-refractivity contribution >= 4 is 10.0 Å². The fraction of sp³-hybridized carbons (Fsp3) is 0.294. The summed E-state index contributed by atoms with van der Waals surface area (Å²) in [6, 6.07) is 8.96. The molecule has 1 N–H and O–H groups in total. The molecule has 0 aliphatic carbocycles. The van der Waals surface area contributed by atoms with E-state index in [1.807, 2.05) is 19.1 Å². The molecule has 0 saturated heterocycles. The summed E-state index contributed by atoms with van der Waals surface area (Å²) in [5, 5.41) is 0. The van der Waals surface area contributed by atoms with Gasteiger partial charge in [-0.2, -0.15) is 13.2 Å². The van der Waals surface area contributed by atoms with Crippen molar-refractivity contribution in [2.45, 2.75) is 24.4 Å². The van der Waals surface area contributed by atoms with Gasteiger partial charge in [-0.25, -0.2) is 13.1 Å². The van der Waals surface area contributed by atoms with Crippen LogP contribution in [0.2, 0.25) is 0 Å². The van der Waals surface area contributed by atoms with Crippen LogP contribution in [0, 0.1) is 6.92 Å². The first-order valence-electron chi connectivity index (χ1n) is 7.44. The third-order valence-electron chi connectivity index (χ3n) is 3.61. The molecule has 0 radical (unpaired) electrons. The minimum Gasteiger partial charge on any atom is -0.496 e. The number of methoxy groups -OCH3 is 1. The van der Waals surface area contributed by atoms with E-state index in [-0.39, 0.29) is 11.4 Å². The number of alkyl halides is 3. The van der Waals surface area contributed by atoms with Crippen molar-refractivity contribution in [1.82, 2.24) is 4.72 Å². The van der Waals surface area contributed by atoms with Crippen LogP contribution >= 0.6 is 0 Å². The van der Waals surface area contributed by atoms with Crippen LogP contribution in [0.5, 0.6) is 5.75 Å². The average molecular weight is 373 g/mol. The highest BCUT2D eigenvalue weighted by Crippen LogP contribution is 2.29. The Hall–Kier alpha value is -2.06. The minimum absolute atomic E-state index is 0.100. The van der Waals surface area contributed by atoms with E-state index in [4.69, 9.17) is 4.74 Å². The van der Waals surface area contributed by atoms with Gasteiger partial charge in [0.2, 0.25) is 10.0 Å². The van der Waals surface area contributed by atoms with E-state index in [0.717, 1.165) is 35.4 Å². The van der Waals surface area contributed by atoms with Gasteiger partial charge in [0.25, 0.3) is 0 Å². The lowest BCUT2D eigenvalue weighted by Gasteiger charge is -2.11. The highest BCUT2D eigenvalue weighted by Gasteiger charge is 2.30. The van der Waals surface area contributed by atoms with Crippen molar-refractivity contribution in [2.24, 2.45) is 0 Å². The van der Waals surface area contributed by atoms with Crippen LogP contribution in [-0.2, 0) is 22.6 Å². The smallest absolute Gasteiger partial charge is 0.416 e. The number of hydrogen-bond donors (Lipinski definition) is 1. The molecule has 0 unspecified atom stereocenters. The molecule has 136 valence electrons. The summed E-state index contributed by atoms with van der Waals surface area (Å²) in [5.41, 5.74) is 0.968. The normalized spacial score (nSPS) is 12.2. The van der Waals surface area contributed by atoms with Gasteiger partial charge in [0.05, 0.1) is 17.6 Å². The Morgan fingerprint density at radius 2 is 1.72 bits per heavy atom. The number of halogens is 3. The lowest BCUT2D eigenvalue weighted by Crippen LogP contribution is -2.26. The highest BCUT2D eigenvalue weighted by atomic mass is 32.2. The second-order valence-corrected chi connectivity index (χ2v) is 7.25. The molecule has 0 heterocycles. The van der Waals surface area contributed by atoms with Gasteiger partial charge in [0.1, 0.15) is 5.75 Å². The number of aryl methyl sites for hydroxylation is 1. The van der Waals surface area contributed by atoms with Crippen molar-refractivity contribution in [3.63, 3.8) is 0 Å². The Morgan fingerprint density at radius 3 is 2.28 bits per heavy atom. The summed E-state index contributed by atoms with van der Waals surface area (Å²) in [5.74, 6) is 0.652. The van der Waals surface area contributed by atoms with E-state index in [0.29, 0.717) is 12.2 Å². The largest absolute Gasteiger partial charge is 0.496 e. The number of nitrogens with one attached hydrogen (secondary N) is 1. The molecule has 0 fully saturated rings. The Morgan fingerprint density at radius 1 is 1.08 bits per heavy atom. The molecule has 0 atom stereocenters. The maximum Gasteiger partial charge on any atom is 0.416 e. The Balaban J connectivity index is 2.06. The van der Waals surface area contributed by atoms with Crippen LogP contribution in [0.1, 0.15) is 16.7 Å². The van der Waals surface area contributed by atoms with Crippen molar-refractivity contribution in [2.75, 3.05) is 13.7 Å². The third kappa shape index (κ3) is 4.96. The zero-order valence-corrected chi connectivity index (χ0v) is 14.5. The number of sulfonamides is 1. The molecule has 8 heteroatoms. The van der Waals surface area contributed by atoms with E-state index in [1.165, 1.54) is 7.11 Å². The molecule has 2 rings (SSSR count). The van der Waals surface area contributed by atoms with Crippen molar-refractivity contribution in [3.05, 3.63) is 59.2 Å². The molecule has 0 amide bonds. The fourth-order valence-corrected chi connectivity index (χ4v) is 3.36. The van der Waals surface area contributed by atoms with Crippen molar-refractivity contribution in [1.29, 1.82) is 0 Å². The van der Waals surface area contributed by atoms with Crippen LogP contribution < -0.4 is 9.46 Å². The summed E-state index contributed by atoms with van der Waals surface area (Å²) in [6.07, 6.45) is -4.11. The maximum absolute atomic E-state index is 12.5. The molecule has 0 bridgehead atoms. The predicted octanol–water partition coefficient (Wildman–Crippen LogP) is 3.54. The molecule has 4 nitrogen and oxygen atoms in total. The summed E-state index contributed by atoms with van der Waals surface area (Å²) < 4.78 is 69.6. The zero-order chi connectivity index (χ0) is 18.7. The second kappa shape index (κ2) is 7.45.